The van der Waals surface area contributed by atoms with Crippen molar-refractivity contribution in [2.24, 2.45) is 0 Å². The molecule has 0 radical (unpaired) electrons. The van der Waals surface area contributed by atoms with E-state index in [0.717, 1.165) is 78.1 Å². The van der Waals surface area contributed by atoms with Crippen LogP contribution in [0.2, 0.25) is 0 Å². The highest BCUT2D eigenvalue weighted by Gasteiger charge is 2.22. The van der Waals surface area contributed by atoms with Gasteiger partial charge in [-0.25, -0.2) is 9.50 Å². The Kier molecular flexibility index (Phi) is 7.01. The number of hydrogen-bond donors (Lipinski definition) is 0. The Bertz CT molecular complexity index is 1110. The number of fused-ring (bicyclic) bond motifs is 1. The van der Waals surface area contributed by atoms with E-state index in [-0.39, 0.29) is 5.91 Å². The molecule has 0 spiro atoms. The highest BCUT2D eigenvalue weighted by Crippen LogP contribution is 2.35. The molecule has 8 heteroatoms. The third-order valence-electron chi connectivity index (χ3n) is 5.84. The van der Waals surface area contributed by atoms with Gasteiger partial charge in [-0.2, -0.15) is 5.10 Å². The maximum atomic E-state index is 12.9. The fraction of sp³-hybridized carbons (Fsp3) is 0.458. The Hall–Kier alpha value is -2.58. The first kappa shape index (κ1) is 22.6. The van der Waals surface area contributed by atoms with Crippen LogP contribution in [0.3, 0.4) is 0 Å². The van der Waals surface area contributed by atoms with Gasteiger partial charge in [-0.3, -0.25) is 9.69 Å². The van der Waals surface area contributed by atoms with Crippen LogP contribution >= 0.6 is 11.8 Å². The molecule has 0 saturated carbocycles. The third-order valence-corrected chi connectivity index (χ3v) is 6.82. The van der Waals surface area contributed by atoms with Gasteiger partial charge in [-0.05, 0) is 38.9 Å². The Balaban J connectivity index is 1.56. The maximum absolute atomic E-state index is 12.9. The summed E-state index contributed by atoms with van der Waals surface area (Å²) in [6.45, 7) is 10.8. The second-order valence-electron chi connectivity index (χ2n) is 8.14. The molecule has 2 aromatic heterocycles. The van der Waals surface area contributed by atoms with E-state index in [1.54, 1.807) is 7.11 Å². The van der Waals surface area contributed by atoms with Crippen molar-refractivity contribution in [3.8, 4) is 16.9 Å². The van der Waals surface area contributed by atoms with Crippen molar-refractivity contribution >= 4 is 23.3 Å². The van der Waals surface area contributed by atoms with Gasteiger partial charge < -0.3 is 9.64 Å². The van der Waals surface area contributed by atoms with Crippen molar-refractivity contribution in [2.75, 3.05) is 45.6 Å². The second kappa shape index (κ2) is 9.92. The predicted molar refractivity (Wildman–Crippen MR) is 128 cm³/mol. The molecular weight excluding hydrogens is 422 g/mol. The summed E-state index contributed by atoms with van der Waals surface area (Å²) >= 11 is 1.53. The molecule has 1 saturated heterocycles. The number of rotatable bonds is 7. The number of aromatic nitrogens is 3. The van der Waals surface area contributed by atoms with Crippen LogP contribution in [-0.4, -0.2) is 75.9 Å². The Morgan fingerprint density at radius 2 is 1.91 bits per heavy atom. The molecule has 170 valence electrons. The SMILES string of the molecule is CCCN1CCN(C(=O)CSc2cc(C)nc3c(-c4ccccc4OC)c(C)nn23)CC1. The Morgan fingerprint density at radius 3 is 2.62 bits per heavy atom. The minimum absolute atomic E-state index is 0.183. The molecule has 1 aromatic carbocycles. The molecule has 32 heavy (non-hydrogen) atoms. The van der Waals surface area contributed by atoms with E-state index in [1.165, 1.54) is 11.8 Å². The molecule has 0 N–H and O–H groups in total. The summed E-state index contributed by atoms with van der Waals surface area (Å²) in [5.74, 6) is 1.37. The zero-order chi connectivity index (χ0) is 22.7. The van der Waals surface area contributed by atoms with Crippen LogP contribution in [0.4, 0.5) is 0 Å². The van der Waals surface area contributed by atoms with E-state index in [0.29, 0.717) is 5.75 Å². The largest absolute Gasteiger partial charge is 0.496 e. The fourth-order valence-electron chi connectivity index (χ4n) is 4.24. The molecule has 1 amide bonds. The second-order valence-corrected chi connectivity index (χ2v) is 9.14. The molecule has 0 unspecified atom stereocenters. The van der Waals surface area contributed by atoms with Gasteiger partial charge in [0, 0.05) is 37.4 Å². The molecule has 3 heterocycles. The number of ether oxygens (including phenoxy) is 1. The third kappa shape index (κ3) is 4.61. The van der Waals surface area contributed by atoms with E-state index in [9.17, 15) is 4.79 Å². The minimum atomic E-state index is 0.183. The number of benzene rings is 1. The van der Waals surface area contributed by atoms with E-state index in [1.807, 2.05) is 53.6 Å². The summed E-state index contributed by atoms with van der Waals surface area (Å²) in [6.07, 6.45) is 1.15. The van der Waals surface area contributed by atoms with Crippen molar-refractivity contribution in [3.05, 3.63) is 41.7 Å². The number of carbonyl (C=O) groups is 1. The molecule has 0 bridgehead atoms. The Labute approximate surface area is 193 Å². The number of hydrogen-bond acceptors (Lipinski definition) is 6. The zero-order valence-corrected chi connectivity index (χ0v) is 20.1. The maximum Gasteiger partial charge on any atom is 0.233 e. The summed E-state index contributed by atoms with van der Waals surface area (Å²) in [5, 5.41) is 5.70. The molecule has 1 fully saturated rings. The van der Waals surface area contributed by atoms with E-state index < -0.39 is 0 Å². The van der Waals surface area contributed by atoms with Crippen LogP contribution in [0.15, 0.2) is 35.4 Å². The van der Waals surface area contributed by atoms with Crippen LogP contribution in [0.1, 0.15) is 24.7 Å². The van der Waals surface area contributed by atoms with Crippen LogP contribution < -0.4 is 4.74 Å². The zero-order valence-electron chi connectivity index (χ0n) is 19.3. The van der Waals surface area contributed by atoms with Gasteiger partial charge in [0.1, 0.15) is 10.8 Å². The summed E-state index contributed by atoms with van der Waals surface area (Å²) in [5.41, 5.74) is 4.50. The van der Waals surface area contributed by atoms with Crippen molar-refractivity contribution in [2.45, 2.75) is 32.2 Å². The van der Waals surface area contributed by atoms with Gasteiger partial charge in [0.15, 0.2) is 5.65 Å². The van der Waals surface area contributed by atoms with Gasteiger partial charge in [-0.1, -0.05) is 36.9 Å². The standard InChI is InChI=1S/C24H31N5O2S/c1-5-10-27-11-13-28(14-12-27)21(30)16-32-22-15-17(2)25-24-23(18(3)26-29(22)24)19-8-6-7-9-20(19)31-4/h6-9,15H,5,10-14,16H2,1-4H3. The first-order chi connectivity index (χ1) is 15.5. The lowest BCUT2D eigenvalue weighted by Gasteiger charge is -2.34. The molecule has 3 aromatic rings. The normalized spacial score (nSPS) is 14.8. The summed E-state index contributed by atoms with van der Waals surface area (Å²) in [7, 11) is 1.67. The van der Waals surface area contributed by atoms with Gasteiger partial charge in [0.25, 0.3) is 0 Å². The highest BCUT2D eigenvalue weighted by molar-refractivity contribution is 7.99. The average Bonchev–Trinajstić information content (AvgIpc) is 3.13. The lowest BCUT2D eigenvalue weighted by molar-refractivity contribution is -0.130. The number of aryl methyl sites for hydroxylation is 2. The first-order valence-corrected chi connectivity index (χ1v) is 12.1. The number of methoxy groups -OCH3 is 1. The smallest absolute Gasteiger partial charge is 0.233 e. The number of piperazine rings is 1. The monoisotopic (exact) mass is 453 g/mol. The molecular formula is C24H31N5O2S. The topological polar surface area (TPSA) is 63.0 Å². The van der Waals surface area contributed by atoms with Crippen molar-refractivity contribution < 1.29 is 9.53 Å². The van der Waals surface area contributed by atoms with Crippen molar-refractivity contribution in [1.82, 2.24) is 24.4 Å². The van der Waals surface area contributed by atoms with Crippen LogP contribution in [-0.2, 0) is 4.79 Å². The molecule has 4 rings (SSSR count). The Morgan fingerprint density at radius 1 is 1.16 bits per heavy atom. The molecule has 0 atom stereocenters. The van der Waals surface area contributed by atoms with Crippen LogP contribution in [0.5, 0.6) is 5.75 Å². The van der Waals surface area contributed by atoms with Crippen LogP contribution in [0, 0.1) is 13.8 Å². The number of amides is 1. The number of para-hydroxylation sites is 1. The van der Waals surface area contributed by atoms with E-state index >= 15 is 0 Å². The van der Waals surface area contributed by atoms with E-state index in [2.05, 4.69) is 11.8 Å². The average molecular weight is 454 g/mol. The molecule has 1 aliphatic rings. The van der Waals surface area contributed by atoms with Crippen molar-refractivity contribution in [3.63, 3.8) is 0 Å². The van der Waals surface area contributed by atoms with Gasteiger partial charge in [0.05, 0.1) is 24.1 Å². The number of nitrogens with zero attached hydrogens (tertiary/aromatic N) is 5. The van der Waals surface area contributed by atoms with Gasteiger partial charge >= 0.3 is 0 Å². The predicted octanol–water partition coefficient (Wildman–Crippen LogP) is 3.67. The van der Waals surface area contributed by atoms with Gasteiger partial charge in [0.2, 0.25) is 5.91 Å². The summed E-state index contributed by atoms with van der Waals surface area (Å²) in [6, 6.07) is 9.93. The van der Waals surface area contributed by atoms with Crippen LogP contribution in [0.25, 0.3) is 16.8 Å². The number of thioether (sulfide) groups is 1. The van der Waals surface area contributed by atoms with Crippen molar-refractivity contribution in [1.29, 1.82) is 0 Å². The minimum Gasteiger partial charge on any atom is -0.496 e. The lowest BCUT2D eigenvalue weighted by Crippen LogP contribution is -2.49. The summed E-state index contributed by atoms with van der Waals surface area (Å²) < 4.78 is 7.44. The quantitative estimate of drug-likeness (QED) is 0.402. The lowest BCUT2D eigenvalue weighted by atomic mass is 10.1. The highest BCUT2D eigenvalue weighted by atomic mass is 32.2. The first-order valence-electron chi connectivity index (χ1n) is 11.1. The molecule has 1 aliphatic heterocycles. The number of carbonyl (C=O) groups excluding carboxylic acids is 1. The fourth-order valence-corrected chi connectivity index (χ4v) is 5.20. The summed E-state index contributed by atoms with van der Waals surface area (Å²) in [4.78, 5) is 22.1. The van der Waals surface area contributed by atoms with E-state index in [4.69, 9.17) is 14.8 Å². The molecule has 7 nitrogen and oxygen atoms in total. The van der Waals surface area contributed by atoms with Gasteiger partial charge in [-0.15, -0.1) is 0 Å². The molecule has 0 aliphatic carbocycles.